The van der Waals surface area contributed by atoms with Crippen LogP contribution in [0.15, 0.2) is 107 Å². The monoisotopic (exact) mass is 483 g/mol. The van der Waals surface area contributed by atoms with Crippen LogP contribution in [0.4, 0.5) is 0 Å². The number of nitrogens with zero attached hydrogens (tertiary/aromatic N) is 1. The zero-order valence-corrected chi connectivity index (χ0v) is 21.4. The van der Waals surface area contributed by atoms with E-state index in [9.17, 15) is 8.42 Å². The highest BCUT2D eigenvalue weighted by Crippen LogP contribution is 2.41. The largest absolute Gasteiger partial charge is 0.343 e. The Morgan fingerprint density at radius 3 is 2.09 bits per heavy atom. The average molecular weight is 484 g/mol. The number of benzene rings is 3. The van der Waals surface area contributed by atoms with Crippen LogP contribution in [-0.4, -0.2) is 13.0 Å². The molecule has 0 amide bonds. The van der Waals surface area contributed by atoms with E-state index in [-0.39, 0.29) is 0 Å². The van der Waals surface area contributed by atoms with Crippen molar-refractivity contribution in [2.24, 2.45) is 0 Å². The van der Waals surface area contributed by atoms with Crippen LogP contribution >= 0.6 is 0 Å². The molecule has 3 aromatic carbocycles. The van der Waals surface area contributed by atoms with Gasteiger partial charge >= 0.3 is 0 Å². The second-order valence-corrected chi connectivity index (χ2v) is 10.8. The Hall–Kier alpha value is -3.37. The molecule has 0 atom stereocenters. The van der Waals surface area contributed by atoms with E-state index in [2.05, 4.69) is 30.2 Å². The summed E-state index contributed by atoms with van der Waals surface area (Å²) in [6.45, 7) is 8.66. The van der Waals surface area contributed by atoms with Crippen molar-refractivity contribution >= 4 is 9.84 Å². The van der Waals surface area contributed by atoms with Crippen molar-refractivity contribution in [1.82, 2.24) is 4.57 Å². The van der Waals surface area contributed by atoms with Gasteiger partial charge in [-0.1, -0.05) is 97.8 Å². The van der Waals surface area contributed by atoms with Crippen molar-refractivity contribution in [2.75, 3.05) is 0 Å². The first kappa shape index (κ1) is 24.7. The first-order chi connectivity index (χ1) is 17.0. The normalized spacial score (nSPS) is 11.5. The third-order valence-electron chi connectivity index (χ3n) is 6.39. The molecule has 0 saturated carbocycles. The number of sulfone groups is 1. The van der Waals surface area contributed by atoms with Crippen molar-refractivity contribution in [2.45, 2.75) is 55.9 Å². The molecular formula is C31H33NO2S. The van der Waals surface area contributed by atoms with E-state index in [1.165, 1.54) is 0 Å². The number of aromatic nitrogens is 1. The Bertz CT molecular complexity index is 1380. The van der Waals surface area contributed by atoms with Gasteiger partial charge < -0.3 is 4.57 Å². The first-order valence-corrected chi connectivity index (χ1v) is 13.7. The minimum absolute atomic E-state index is 0.333. The summed E-state index contributed by atoms with van der Waals surface area (Å²) in [5, 5.41) is 0. The van der Waals surface area contributed by atoms with E-state index < -0.39 is 9.84 Å². The molecule has 0 bridgehead atoms. The topological polar surface area (TPSA) is 39.1 Å². The van der Waals surface area contributed by atoms with Gasteiger partial charge in [0, 0.05) is 29.9 Å². The molecule has 0 fully saturated rings. The first-order valence-electron chi connectivity index (χ1n) is 12.2. The highest BCUT2D eigenvalue weighted by atomic mass is 32.2. The third kappa shape index (κ3) is 5.18. The molecule has 4 rings (SSSR count). The lowest BCUT2D eigenvalue weighted by Gasteiger charge is -2.13. The van der Waals surface area contributed by atoms with Gasteiger partial charge in [0.2, 0.25) is 9.84 Å². The summed E-state index contributed by atoms with van der Waals surface area (Å²) in [6.07, 6.45) is 5.09. The minimum atomic E-state index is -3.76. The summed E-state index contributed by atoms with van der Waals surface area (Å²) >= 11 is 0. The van der Waals surface area contributed by atoms with E-state index in [1.807, 2.05) is 73.7 Å². The predicted molar refractivity (Wildman–Crippen MR) is 145 cm³/mol. The van der Waals surface area contributed by atoms with Gasteiger partial charge in [-0.15, -0.1) is 6.58 Å². The summed E-state index contributed by atoms with van der Waals surface area (Å²) in [5.41, 5.74) is 5.80. The molecule has 0 radical (unpaired) electrons. The lowest BCUT2D eigenvalue weighted by atomic mass is 10.0. The molecule has 3 nitrogen and oxygen atoms in total. The Morgan fingerprint density at radius 2 is 1.49 bits per heavy atom. The van der Waals surface area contributed by atoms with Gasteiger partial charge in [0.15, 0.2) is 0 Å². The van der Waals surface area contributed by atoms with Crippen molar-refractivity contribution in [3.63, 3.8) is 0 Å². The number of aryl methyl sites for hydroxylation is 1. The molecule has 4 heteroatoms. The van der Waals surface area contributed by atoms with E-state index in [0.717, 1.165) is 46.5 Å². The number of hydrogen-bond donors (Lipinski definition) is 0. The van der Waals surface area contributed by atoms with Gasteiger partial charge in [-0.3, -0.25) is 0 Å². The van der Waals surface area contributed by atoms with E-state index >= 15 is 0 Å². The Morgan fingerprint density at radius 1 is 0.857 bits per heavy atom. The zero-order valence-electron chi connectivity index (χ0n) is 20.6. The second kappa shape index (κ2) is 10.9. The molecule has 4 aromatic rings. The average Bonchev–Trinajstić information content (AvgIpc) is 3.18. The lowest BCUT2D eigenvalue weighted by Crippen LogP contribution is -2.10. The summed E-state index contributed by atoms with van der Waals surface area (Å²) in [6, 6.07) is 27.4. The molecule has 0 unspecified atom stereocenters. The molecule has 0 aliphatic rings. The fourth-order valence-electron chi connectivity index (χ4n) is 4.64. The fourth-order valence-corrected chi connectivity index (χ4v) is 6.40. The van der Waals surface area contributed by atoms with Crippen LogP contribution in [0.1, 0.15) is 42.3 Å². The minimum Gasteiger partial charge on any atom is -0.343 e. The van der Waals surface area contributed by atoms with E-state index in [0.29, 0.717) is 29.2 Å². The summed E-state index contributed by atoms with van der Waals surface area (Å²) in [7, 11) is -3.76. The summed E-state index contributed by atoms with van der Waals surface area (Å²) in [5.74, 6) is 0. The number of hydrogen-bond acceptors (Lipinski definition) is 2. The third-order valence-corrected chi connectivity index (χ3v) is 8.26. The van der Waals surface area contributed by atoms with Gasteiger partial charge in [0.1, 0.15) is 4.90 Å². The maximum absolute atomic E-state index is 14.3. The molecule has 0 aliphatic carbocycles. The molecule has 0 N–H and O–H groups in total. The fraction of sp³-hybridized carbons (Fsp3) is 0.226. The van der Waals surface area contributed by atoms with Crippen LogP contribution in [0.3, 0.4) is 0 Å². The van der Waals surface area contributed by atoms with E-state index in [1.54, 1.807) is 12.1 Å². The number of rotatable bonds is 10. The highest BCUT2D eigenvalue weighted by Gasteiger charge is 2.32. The summed E-state index contributed by atoms with van der Waals surface area (Å²) in [4.78, 5) is 0.772. The van der Waals surface area contributed by atoms with Crippen LogP contribution in [0.5, 0.6) is 0 Å². The van der Waals surface area contributed by atoms with Crippen molar-refractivity contribution in [3.8, 4) is 11.1 Å². The lowest BCUT2D eigenvalue weighted by molar-refractivity contribution is 0.592. The van der Waals surface area contributed by atoms with Gasteiger partial charge in [0.25, 0.3) is 0 Å². The molecule has 0 aliphatic heterocycles. The van der Waals surface area contributed by atoms with Gasteiger partial charge in [-0.25, -0.2) is 8.42 Å². The van der Waals surface area contributed by atoms with Crippen molar-refractivity contribution < 1.29 is 8.42 Å². The van der Waals surface area contributed by atoms with Crippen LogP contribution in [-0.2, 0) is 29.2 Å². The molecule has 1 aromatic heterocycles. The van der Waals surface area contributed by atoms with Crippen LogP contribution < -0.4 is 0 Å². The standard InChI is InChI=1S/C31H33NO2S/c1-4-6-17-28-31(35(33,34)27-20-18-24(3)19-21-27)30(26-15-11-8-12-16-26)29(32(28)22-5-2)23-25-13-9-7-10-14-25/h5,7-16,18-21H,2,4,6,17,22-23H2,1,3H3. The van der Waals surface area contributed by atoms with Crippen LogP contribution in [0, 0.1) is 6.92 Å². The van der Waals surface area contributed by atoms with Crippen molar-refractivity contribution in [1.29, 1.82) is 0 Å². The molecular weight excluding hydrogens is 450 g/mol. The maximum Gasteiger partial charge on any atom is 0.208 e. The molecule has 180 valence electrons. The maximum atomic E-state index is 14.3. The Balaban J connectivity index is 2.08. The quantitative estimate of drug-likeness (QED) is 0.220. The smallest absolute Gasteiger partial charge is 0.208 e. The molecule has 0 spiro atoms. The van der Waals surface area contributed by atoms with Gasteiger partial charge in [0.05, 0.1) is 4.90 Å². The van der Waals surface area contributed by atoms with Crippen molar-refractivity contribution in [3.05, 3.63) is 120 Å². The second-order valence-electron chi connectivity index (χ2n) is 8.95. The zero-order chi connectivity index (χ0) is 24.8. The van der Waals surface area contributed by atoms with Crippen LogP contribution in [0.2, 0.25) is 0 Å². The Kier molecular flexibility index (Phi) is 7.72. The SMILES string of the molecule is C=CCn1c(Cc2ccccc2)c(-c2ccccc2)c(S(=O)(=O)c2ccc(C)cc2)c1CCCC. The summed E-state index contributed by atoms with van der Waals surface area (Å²) < 4.78 is 30.8. The van der Waals surface area contributed by atoms with Gasteiger partial charge in [-0.05, 0) is 43.0 Å². The molecule has 35 heavy (non-hydrogen) atoms. The Labute approximate surface area is 209 Å². The van der Waals surface area contributed by atoms with Crippen LogP contribution in [0.25, 0.3) is 11.1 Å². The number of allylic oxidation sites excluding steroid dienone is 1. The van der Waals surface area contributed by atoms with Gasteiger partial charge in [-0.2, -0.15) is 0 Å². The molecule has 1 heterocycles. The highest BCUT2D eigenvalue weighted by molar-refractivity contribution is 7.91. The number of unbranched alkanes of at least 4 members (excludes halogenated alkanes) is 1. The molecule has 0 saturated heterocycles. The van der Waals surface area contributed by atoms with E-state index in [4.69, 9.17) is 0 Å². The predicted octanol–water partition coefficient (Wildman–Crippen LogP) is 7.42.